The lowest BCUT2D eigenvalue weighted by Gasteiger charge is -2.09. The van der Waals surface area contributed by atoms with Gasteiger partial charge < -0.3 is 5.32 Å². The van der Waals surface area contributed by atoms with E-state index >= 15 is 0 Å². The van der Waals surface area contributed by atoms with Gasteiger partial charge in [0.05, 0.1) is 11.4 Å². The van der Waals surface area contributed by atoms with E-state index in [1.165, 1.54) is 0 Å². The van der Waals surface area contributed by atoms with Crippen molar-refractivity contribution in [1.29, 1.82) is 0 Å². The minimum atomic E-state index is -3.79. The van der Waals surface area contributed by atoms with E-state index in [-0.39, 0.29) is 18.4 Å². The Hall–Kier alpha value is -1.28. The van der Waals surface area contributed by atoms with E-state index in [2.05, 4.69) is 5.32 Å². The van der Waals surface area contributed by atoms with Crippen LogP contribution in [-0.4, -0.2) is 27.8 Å². The Morgan fingerprint density at radius 1 is 1.12 bits per heavy atom. The SMILES string of the molecule is CNCCS(=O)(=O)Nc1cc(F)c(F)cc1F. The summed E-state index contributed by atoms with van der Waals surface area (Å²) in [5.41, 5.74) is -0.611. The number of rotatable bonds is 5. The van der Waals surface area contributed by atoms with Crippen molar-refractivity contribution in [3.05, 3.63) is 29.6 Å². The van der Waals surface area contributed by atoms with Crippen LogP contribution in [0.2, 0.25) is 0 Å². The van der Waals surface area contributed by atoms with E-state index in [4.69, 9.17) is 0 Å². The second kappa shape index (κ2) is 5.37. The number of nitrogens with one attached hydrogen (secondary N) is 2. The lowest BCUT2D eigenvalue weighted by molar-refractivity contribution is 0.496. The zero-order chi connectivity index (χ0) is 13.1. The van der Waals surface area contributed by atoms with Crippen LogP contribution in [0.1, 0.15) is 0 Å². The second-order valence-electron chi connectivity index (χ2n) is 3.27. The predicted molar refractivity (Wildman–Crippen MR) is 57.7 cm³/mol. The fourth-order valence-corrected chi connectivity index (χ4v) is 2.12. The van der Waals surface area contributed by atoms with Crippen LogP contribution in [0.4, 0.5) is 18.9 Å². The van der Waals surface area contributed by atoms with Crippen LogP contribution in [0.25, 0.3) is 0 Å². The van der Waals surface area contributed by atoms with Gasteiger partial charge >= 0.3 is 0 Å². The molecule has 0 bridgehead atoms. The summed E-state index contributed by atoms with van der Waals surface area (Å²) in [6.07, 6.45) is 0. The molecule has 0 atom stereocenters. The molecule has 1 aromatic carbocycles. The standard InChI is InChI=1S/C9H11F3N2O2S/c1-13-2-3-17(15,16)14-9-5-7(11)6(10)4-8(9)12/h4-5,13-14H,2-3H2,1H3. The minimum Gasteiger partial charge on any atom is -0.319 e. The number of hydrogen-bond donors (Lipinski definition) is 2. The summed E-state index contributed by atoms with van der Waals surface area (Å²) in [7, 11) is -2.24. The first-order valence-electron chi connectivity index (χ1n) is 4.65. The third-order valence-electron chi connectivity index (χ3n) is 1.90. The minimum absolute atomic E-state index is 0.153. The number of sulfonamides is 1. The number of hydrogen-bond acceptors (Lipinski definition) is 3. The van der Waals surface area contributed by atoms with Crippen molar-refractivity contribution >= 4 is 15.7 Å². The van der Waals surface area contributed by atoms with Gasteiger partial charge in [0.1, 0.15) is 5.82 Å². The van der Waals surface area contributed by atoms with Gasteiger partial charge in [0, 0.05) is 18.7 Å². The highest BCUT2D eigenvalue weighted by molar-refractivity contribution is 7.92. The highest BCUT2D eigenvalue weighted by Crippen LogP contribution is 2.19. The average molecular weight is 268 g/mol. The van der Waals surface area contributed by atoms with E-state index in [0.717, 1.165) is 0 Å². The molecular formula is C9H11F3N2O2S. The number of halogens is 3. The molecule has 4 nitrogen and oxygen atoms in total. The molecule has 0 aliphatic carbocycles. The molecule has 0 saturated heterocycles. The van der Waals surface area contributed by atoms with E-state index < -0.39 is 33.2 Å². The average Bonchev–Trinajstić information content (AvgIpc) is 2.23. The summed E-state index contributed by atoms with van der Waals surface area (Å²) in [6.45, 7) is 0.153. The zero-order valence-corrected chi connectivity index (χ0v) is 9.74. The highest BCUT2D eigenvalue weighted by atomic mass is 32.2. The Morgan fingerprint density at radius 3 is 2.29 bits per heavy atom. The number of benzene rings is 1. The summed E-state index contributed by atoms with van der Waals surface area (Å²) in [4.78, 5) is 0. The molecule has 0 aliphatic heterocycles. The van der Waals surface area contributed by atoms with Gasteiger partial charge in [-0.05, 0) is 7.05 Å². The van der Waals surface area contributed by atoms with Gasteiger partial charge in [-0.1, -0.05) is 0 Å². The molecule has 0 heterocycles. The monoisotopic (exact) mass is 268 g/mol. The first kappa shape index (κ1) is 13.8. The molecule has 1 rings (SSSR count). The maximum Gasteiger partial charge on any atom is 0.234 e. The first-order chi connectivity index (χ1) is 7.85. The third kappa shape index (κ3) is 3.90. The van der Waals surface area contributed by atoms with Crippen molar-refractivity contribution in [2.45, 2.75) is 0 Å². The lowest BCUT2D eigenvalue weighted by atomic mass is 10.3. The normalized spacial score (nSPS) is 11.5. The number of anilines is 1. The summed E-state index contributed by atoms with van der Waals surface area (Å²) >= 11 is 0. The maximum atomic E-state index is 13.1. The third-order valence-corrected chi connectivity index (χ3v) is 3.17. The van der Waals surface area contributed by atoms with Crippen LogP contribution < -0.4 is 10.0 Å². The van der Waals surface area contributed by atoms with Crippen molar-refractivity contribution in [1.82, 2.24) is 5.32 Å². The fraction of sp³-hybridized carbons (Fsp3) is 0.333. The molecule has 17 heavy (non-hydrogen) atoms. The summed E-state index contributed by atoms with van der Waals surface area (Å²) in [6, 6.07) is 0.743. The smallest absolute Gasteiger partial charge is 0.234 e. The predicted octanol–water partition coefficient (Wildman–Crippen LogP) is 1.06. The van der Waals surface area contributed by atoms with Crippen molar-refractivity contribution < 1.29 is 21.6 Å². The molecule has 96 valence electrons. The maximum absolute atomic E-state index is 13.1. The van der Waals surface area contributed by atoms with E-state index in [1.54, 1.807) is 7.05 Å². The summed E-state index contributed by atoms with van der Waals surface area (Å²) in [5.74, 6) is -4.17. The van der Waals surface area contributed by atoms with Crippen LogP contribution in [0, 0.1) is 17.5 Å². The summed E-state index contributed by atoms with van der Waals surface area (Å²) < 4.78 is 63.1. The van der Waals surface area contributed by atoms with E-state index in [1.807, 2.05) is 4.72 Å². The largest absolute Gasteiger partial charge is 0.319 e. The van der Waals surface area contributed by atoms with Gasteiger partial charge in [-0.15, -0.1) is 0 Å². The molecule has 0 saturated carbocycles. The van der Waals surface area contributed by atoms with Gasteiger partial charge in [0.25, 0.3) is 0 Å². The molecule has 0 aliphatic rings. The van der Waals surface area contributed by atoms with Gasteiger partial charge in [-0.3, -0.25) is 4.72 Å². The molecule has 0 spiro atoms. The molecular weight excluding hydrogens is 257 g/mol. The Morgan fingerprint density at radius 2 is 1.71 bits per heavy atom. The van der Waals surface area contributed by atoms with Crippen LogP contribution in [0.5, 0.6) is 0 Å². The van der Waals surface area contributed by atoms with Crippen LogP contribution in [0.15, 0.2) is 12.1 Å². The molecule has 1 aromatic rings. The van der Waals surface area contributed by atoms with Gasteiger partial charge in [0.15, 0.2) is 11.6 Å². The second-order valence-corrected chi connectivity index (χ2v) is 5.11. The van der Waals surface area contributed by atoms with Gasteiger partial charge in [-0.2, -0.15) is 0 Å². The molecule has 0 unspecified atom stereocenters. The Labute approximate surface area is 96.9 Å². The highest BCUT2D eigenvalue weighted by Gasteiger charge is 2.15. The quantitative estimate of drug-likeness (QED) is 0.785. The molecule has 0 amide bonds. The first-order valence-corrected chi connectivity index (χ1v) is 6.30. The van der Waals surface area contributed by atoms with E-state index in [9.17, 15) is 21.6 Å². The Bertz CT molecular complexity index is 505. The fourth-order valence-electron chi connectivity index (χ4n) is 1.06. The van der Waals surface area contributed by atoms with Crippen molar-refractivity contribution in [2.24, 2.45) is 0 Å². The summed E-state index contributed by atoms with van der Waals surface area (Å²) in [5, 5.41) is 2.60. The lowest BCUT2D eigenvalue weighted by Crippen LogP contribution is -2.25. The Kier molecular flexibility index (Phi) is 4.35. The molecule has 0 aromatic heterocycles. The topological polar surface area (TPSA) is 58.2 Å². The van der Waals surface area contributed by atoms with Crippen molar-refractivity contribution in [3.8, 4) is 0 Å². The Balaban J connectivity index is 2.92. The zero-order valence-electron chi connectivity index (χ0n) is 8.93. The van der Waals surface area contributed by atoms with Crippen molar-refractivity contribution in [3.63, 3.8) is 0 Å². The van der Waals surface area contributed by atoms with Crippen LogP contribution >= 0.6 is 0 Å². The molecule has 8 heteroatoms. The van der Waals surface area contributed by atoms with Crippen LogP contribution in [-0.2, 0) is 10.0 Å². The van der Waals surface area contributed by atoms with Crippen LogP contribution in [0.3, 0.4) is 0 Å². The molecule has 0 fully saturated rings. The van der Waals surface area contributed by atoms with E-state index in [0.29, 0.717) is 6.07 Å². The van der Waals surface area contributed by atoms with Gasteiger partial charge in [-0.25, -0.2) is 21.6 Å². The van der Waals surface area contributed by atoms with Crippen molar-refractivity contribution in [2.75, 3.05) is 24.1 Å². The molecule has 0 radical (unpaired) electrons. The molecule has 2 N–H and O–H groups in total. The van der Waals surface area contributed by atoms with Gasteiger partial charge in [0.2, 0.25) is 10.0 Å².